The van der Waals surface area contributed by atoms with Crippen LogP contribution in [-0.2, 0) is 4.79 Å². The maximum atomic E-state index is 13.0. The van der Waals surface area contributed by atoms with Crippen molar-refractivity contribution < 1.29 is 9.90 Å². The molecule has 1 N–H and O–H groups in total. The van der Waals surface area contributed by atoms with Crippen molar-refractivity contribution in [1.82, 2.24) is 9.91 Å². The summed E-state index contributed by atoms with van der Waals surface area (Å²) in [6.07, 6.45) is 4.29. The molecule has 3 heterocycles. The van der Waals surface area contributed by atoms with Crippen LogP contribution in [0.25, 0.3) is 0 Å². The number of hydrazone groups is 1. The van der Waals surface area contributed by atoms with E-state index in [1.165, 1.54) is 19.3 Å². The van der Waals surface area contributed by atoms with Gasteiger partial charge in [-0.1, -0.05) is 24.6 Å². The van der Waals surface area contributed by atoms with Gasteiger partial charge in [-0.25, -0.2) is 5.01 Å². The molecule has 1 aromatic heterocycles. The molecule has 5 nitrogen and oxygen atoms in total. The van der Waals surface area contributed by atoms with E-state index in [1.807, 2.05) is 23.6 Å². The Kier molecular flexibility index (Phi) is 5.04. The van der Waals surface area contributed by atoms with Crippen molar-refractivity contribution in [2.45, 2.75) is 31.7 Å². The fourth-order valence-corrected chi connectivity index (χ4v) is 4.39. The average molecular weight is 369 g/mol. The highest BCUT2D eigenvalue weighted by molar-refractivity contribution is 7.12. The van der Waals surface area contributed by atoms with Gasteiger partial charge >= 0.3 is 0 Å². The van der Waals surface area contributed by atoms with E-state index in [1.54, 1.807) is 28.5 Å². The minimum absolute atomic E-state index is 0.0523. The Morgan fingerprint density at radius 3 is 2.62 bits per heavy atom. The molecule has 1 saturated heterocycles. The number of piperidine rings is 1. The third kappa shape index (κ3) is 3.66. The Labute approximate surface area is 157 Å². The van der Waals surface area contributed by atoms with Crippen LogP contribution in [0, 0.1) is 0 Å². The number of phenols is 1. The molecule has 1 fully saturated rings. The molecule has 4 rings (SSSR count). The second-order valence-corrected chi connectivity index (χ2v) is 7.86. The van der Waals surface area contributed by atoms with Crippen LogP contribution < -0.4 is 0 Å². The molecule has 1 atom stereocenters. The standard InChI is InChI=1S/C20H23N3O2S/c24-16-8-6-15(7-9-16)18-13-17(19-5-4-12-26-19)21-23(18)20(25)14-22-10-2-1-3-11-22/h4-9,12,18,24H,1-3,10-11,13-14H2. The smallest absolute Gasteiger partial charge is 0.257 e. The van der Waals surface area contributed by atoms with Crippen LogP contribution in [0.3, 0.4) is 0 Å². The van der Waals surface area contributed by atoms with Gasteiger partial charge in [-0.3, -0.25) is 9.69 Å². The maximum Gasteiger partial charge on any atom is 0.257 e. The van der Waals surface area contributed by atoms with Crippen LogP contribution in [0.15, 0.2) is 46.9 Å². The van der Waals surface area contributed by atoms with Gasteiger partial charge in [0.15, 0.2) is 0 Å². The van der Waals surface area contributed by atoms with Crippen molar-refractivity contribution in [3.63, 3.8) is 0 Å². The van der Waals surface area contributed by atoms with Crippen LogP contribution in [0.5, 0.6) is 5.75 Å². The lowest BCUT2D eigenvalue weighted by atomic mass is 10.0. The number of rotatable bonds is 4. The third-order valence-electron chi connectivity index (χ3n) is 5.06. The lowest BCUT2D eigenvalue weighted by Crippen LogP contribution is -2.40. The van der Waals surface area contributed by atoms with Crippen molar-refractivity contribution in [2.24, 2.45) is 5.10 Å². The van der Waals surface area contributed by atoms with Crippen LogP contribution in [0.1, 0.15) is 42.2 Å². The molecule has 2 aliphatic heterocycles. The molecule has 6 heteroatoms. The van der Waals surface area contributed by atoms with E-state index < -0.39 is 0 Å². The van der Waals surface area contributed by atoms with E-state index in [0.717, 1.165) is 29.2 Å². The van der Waals surface area contributed by atoms with Gasteiger partial charge in [0, 0.05) is 6.42 Å². The summed E-state index contributed by atoms with van der Waals surface area (Å²) in [6, 6.07) is 11.1. The van der Waals surface area contributed by atoms with Crippen LogP contribution >= 0.6 is 11.3 Å². The van der Waals surface area contributed by atoms with Crippen LogP contribution in [0.2, 0.25) is 0 Å². The lowest BCUT2D eigenvalue weighted by molar-refractivity contribution is -0.134. The minimum Gasteiger partial charge on any atom is -0.508 e. The van der Waals surface area contributed by atoms with Gasteiger partial charge in [0.25, 0.3) is 5.91 Å². The van der Waals surface area contributed by atoms with Gasteiger partial charge in [-0.15, -0.1) is 11.3 Å². The summed E-state index contributed by atoms with van der Waals surface area (Å²) in [5, 5.41) is 18.0. The van der Waals surface area contributed by atoms with Crippen molar-refractivity contribution >= 4 is 23.0 Å². The minimum atomic E-state index is -0.106. The van der Waals surface area contributed by atoms with Gasteiger partial charge in [0.1, 0.15) is 5.75 Å². The van der Waals surface area contributed by atoms with Crippen LogP contribution in [0.4, 0.5) is 0 Å². The normalized spacial score (nSPS) is 21.0. The van der Waals surface area contributed by atoms with Crippen LogP contribution in [-0.4, -0.2) is 46.3 Å². The Hall–Kier alpha value is -2.18. The van der Waals surface area contributed by atoms with E-state index in [2.05, 4.69) is 11.0 Å². The van der Waals surface area contributed by atoms with Crippen molar-refractivity contribution in [3.05, 3.63) is 52.2 Å². The first kappa shape index (κ1) is 17.2. The molecule has 0 spiro atoms. The molecule has 1 aromatic carbocycles. The number of carbonyl (C=O) groups is 1. The largest absolute Gasteiger partial charge is 0.508 e. The number of carbonyl (C=O) groups excluding carboxylic acids is 1. The van der Waals surface area contributed by atoms with Gasteiger partial charge in [0.2, 0.25) is 0 Å². The number of benzene rings is 1. The summed E-state index contributed by atoms with van der Waals surface area (Å²) >= 11 is 1.65. The first-order chi connectivity index (χ1) is 12.7. The Bertz CT molecular complexity index is 780. The summed E-state index contributed by atoms with van der Waals surface area (Å²) in [7, 11) is 0. The number of phenolic OH excluding ortho intramolecular Hbond substituents is 1. The monoisotopic (exact) mass is 369 g/mol. The van der Waals surface area contributed by atoms with E-state index in [4.69, 9.17) is 5.10 Å². The van der Waals surface area contributed by atoms with Crippen molar-refractivity contribution in [1.29, 1.82) is 0 Å². The zero-order valence-corrected chi connectivity index (χ0v) is 15.5. The molecular formula is C20H23N3O2S. The number of amides is 1. The third-order valence-corrected chi connectivity index (χ3v) is 5.98. The first-order valence-corrected chi connectivity index (χ1v) is 10.0. The summed E-state index contributed by atoms with van der Waals surface area (Å²) in [6.45, 7) is 2.41. The number of likely N-dealkylation sites (tertiary alicyclic amines) is 1. The van der Waals surface area contributed by atoms with Gasteiger partial charge in [-0.2, -0.15) is 5.10 Å². The van der Waals surface area contributed by atoms with Crippen molar-refractivity contribution in [3.8, 4) is 5.75 Å². The number of hydrogen-bond donors (Lipinski definition) is 1. The molecule has 136 valence electrons. The summed E-state index contributed by atoms with van der Waals surface area (Å²) in [4.78, 5) is 16.4. The maximum absolute atomic E-state index is 13.0. The average Bonchev–Trinajstić information content (AvgIpc) is 3.33. The predicted octanol–water partition coefficient (Wildman–Crippen LogP) is 3.62. The SMILES string of the molecule is O=C(CN1CCCCC1)N1N=C(c2cccs2)CC1c1ccc(O)cc1. The fraction of sp³-hybridized carbons (Fsp3) is 0.400. The zero-order valence-electron chi connectivity index (χ0n) is 14.7. The number of aromatic hydroxyl groups is 1. The Balaban J connectivity index is 1.57. The lowest BCUT2D eigenvalue weighted by Gasteiger charge is -2.29. The molecule has 2 aliphatic rings. The highest BCUT2D eigenvalue weighted by atomic mass is 32.1. The summed E-state index contributed by atoms with van der Waals surface area (Å²) < 4.78 is 0. The number of nitrogens with zero attached hydrogens (tertiary/aromatic N) is 3. The molecule has 1 amide bonds. The summed E-state index contributed by atoms with van der Waals surface area (Å²) in [5.74, 6) is 0.286. The van der Waals surface area contributed by atoms with E-state index >= 15 is 0 Å². The summed E-state index contributed by atoms with van der Waals surface area (Å²) in [5.41, 5.74) is 1.97. The molecule has 0 bridgehead atoms. The van der Waals surface area contributed by atoms with E-state index in [9.17, 15) is 9.90 Å². The van der Waals surface area contributed by atoms with E-state index in [0.29, 0.717) is 13.0 Å². The second kappa shape index (κ2) is 7.60. The van der Waals surface area contributed by atoms with Gasteiger partial charge in [-0.05, 0) is 55.1 Å². The first-order valence-electron chi connectivity index (χ1n) is 9.15. The van der Waals surface area contributed by atoms with Gasteiger partial charge < -0.3 is 5.11 Å². The number of hydrogen-bond acceptors (Lipinski definition) is 5. The Morgan fingerprint density at radius 2 is 1.92 bits per heavy atom. The molecule has 1 unspecified atom stereocenters. The van der Waals surface area contributed by atoms with Gasteiger partial charge in [0.05, 0.1) is 23.2 Å². The molecule has 0 saturated carbocycles. The highest BCUT2D eigenvalue weighted by Gasteiger charge is 2.34. The Morgan fingerprint density at radius 1 is 1.15 bits per heavy atom. The molecule has 26 heavy (non-hydrogen) atoms. The molecule has 0 radical (unpaired) electrons. The molecular weight excluding hydrogens is 346 g/mol. The topological polar surface area (TPSA) is 56.1 Å². The fourth-order valence-electron chi connectivity index (χ4n) is 3.67. The molecule has 2 aromatic rings. The highest BCUT2D eigenvalue weighted by Crippen LogP contribution is 2.34. The zero-order chi connectivity index (χ0) is 17.9. The number of thiophene rings is 1. The quantitative estimate of drug-likeness (QED) is 0.896. The second-order valence-electron chi connectivity index (χ2n) is 6.91. The molecule has 0 aliphatic carbocycles. The van der Waals surface area contributed by atoms with E-state index in [-0.39, 0.29) is 17.7 Å². The predicted molar refractivity (Wildman–Crippen MR) is 103 cm³/mol. The van der Waals surface area contributed by atoms with Crippen molar-refractivity contribution in [2.75, 3.05) is 19.6 Å².